The summed E-state index contributed by atoms with van der Waals surface area (Å²) in [5.41, 5.74) is 4.03. The molecule has 0 radical (unpaired) electrons. The molecule has 2 heterocycles. The number of aryl methyl sites for hydroxylation is 1. The number of benzene rings is 2. The fraction of sp³-hybridized carbons (Fsp3) is 0.292. The van der Waals surface area contributed by atoms with Crippen molar-refractivity contribution in [3.8, 4) is 0 Å². The van der Waals surface area contributed by atoms with Gasteiger partial charge in [0.05, 0.1) is 0 Å². The van der Waals surface area contributed by atoms with Crippen LogP contribution in [0.2, 0.25) is 0 Å². The monoisotopic (exact) mass is 389 g/mol. The van der Waals surface area contributed by atoms with E-state index < -0.39 is 12.0 Å². The van der Waals surface area contributed by atoms with E-state index in [9.17, 15) is 9.90 Å². The van der Waals surface area contributed by atoms with E-state index in [4.69, 9.17) is 0 Å². The highest BCUT2D eigenvalue weighted by Crippen LogP contribution is 2.32. The molecule has 5 nitrogen and oxygen atoms in total. The standard InChI is InChI=1S/C24H27N3O2/c1-18-22(20-11-5-6-12-21(20)25-18)23(24(28)29)27-16-14-26(15-17-27)13-7-10-19-8-3-2-4-9-19/h2-12,23,25H,13-17H2,1H3,(H,28,29)/b10-7+. The van der Waals surface area contributed by atoms with Crippen LogP contribution in [0.15, 0.2) is 60.7 Å². The van der Waals surface area contributed by atoms with Crippen LogP contribution in [-0.4, -0.2) is 58.6 Å². The van der Waals surface area contributed by atoms with E-state index in [-0.39, 0.29) is 0 Å². The van der Waals surface area contributed by atoms with Crippen LogP contribution in [0.1, 0.15) is 22.9 Å². The number of para-hydroxylation sites is 1. The second-order valence-corrected chi connectivity index (χ2v) is 7.60. The third-order valence-electron chi connectivity index (χ3n) is 5.70. The minimum atomic E-state index is -0.782. The molecular weight excluding hydrogens is 362 g/mol. The Balaban J connectivity index is 1.44. The van der Waals surface area contributed by atoms with Crippen LogP contribution >= 0.6 is 0 Å². The molecule has 1 saturated heterocycles. The van der Waals surface area contributed by atoms with E-state index >= 15 is 0 Å². The summed E-state index contributed by atoms with van der Waals surface area (Å²) in [5.74, 6) is -0.782. The number of hydrogen-bond acceptors (Lipinski definition) is 3. The Hall–Kier alpha value is -2.89. The maximum atomic E-state index is 12.2. The molecule has 1 fully saturated rings. The zero-order valence-corrected chi connectivity index (χ0v) is 16.7. The Labute approximate surface area is 171 Å². The number of aliphatic carboxylic acids is 1. The molecule has 1 aromatic heterocycles. The predicted octanol–water partition coefficient (Wildman–Crippen LogP) is 3.93. The smallest absolute Gasteiger partial charge is 0.325 e. The normalized spacial score (nSPS) is 17.1. The molecule has 0 aliphatic carbocycles. The summed E-state index contributed by atoms with van der Waals surface area (Å²) in [4.78, 5) is 20.0. The third kappa shape index (κ3) is 4.26. The largest absolute Gasteiger partial charge is 0.480 e. The van der Waals surface area contributed by atoms with Crippen molar-refractivity contribution < 1.29 is 9.90 Å². The molecule has 2 aromatic carbocycles. The highest BCUT2D eigenvalue weighted by atomic mass is 16.4. The maximum absolute atomic E-state index is 12.2. The molecule has 5 heteroatoms. The molecule has 1 atom stereocenters. The van der Waals surface area contributed by atoms with E-state index in [1.165, 1.54) is 5.56 Å². The average molecular weight is 389 g/mol. The van der Waals surface area contributed by atoms with Gasteiger partial charge in [0, 0.05) is 54.9 Å². The first-order chi connectivity index (χ1) is 14.1. The molecule has 0 amide bonds. The van der Waals surface area contributed by atoms with E-state index in [1.54, 1.807) is 0 Å². The van der Waals surface area contributed by atoms with Crippen LogP contribution in [0.25, 0.3) is 17.0 Å². The molecule has 0 spiro atoms. The van der Waals surface area contributed by atoms with Crippen molar-refractivity contribution >= 4 is 22.9 Å². The first kappa shape index (κ1) is 19.4. The lowest BCUT2D eigenvalue weighted by molar-refractivity contribution is -0.144. The SMILES string of the molecule is Cc1[nH]c2ccccc2c1C(C(=O)O)N1CCN(C/C=C/c2ccccc2)CC1. The van der Waals surface area contributed by atoms with Gasteiger partial charge in [-0.05, 0) is 18.6 Å². The summed E-state index contributed by atoms with van der Waals surface area (Å²) in [6, 6.07) is 17.6. The summed E-state index contributed by atoms with van der Waals surface area (Å²) < 4.78 is 0. The van der Waals surface area contributed by atoms with Gasteiger partial charge >= 0.3 is 5.97 Å². The number of H-pyrrole nitrogens is 1. The van der Waals surface area contributed by atoms with Crippen LogP contribution in [0, 0.1) is 6.92 Å². The lowest BCUT2D eigenvalue weighted by Crippen LogP contribution is -2.49. The molecule has 3 aromatic rings. The molecule has 1 unspecified atom stereocenters. The lowest BCUT2D eigenvalue weighted by Gasteiger charge is -2.37. The van der Waals surface area contributed by atoms with Crippen LogP contribution < -0.4 is 0 Å². The fourth-order valence-electron chi connectivity index (χ4n) is 4.22. The number of aromatic amines is 1. The Bertz CT molecular complexity index is 1000. The van der Waals surface area contributed by atoms with E-state index in [2.05, 4.69) is 39.1 Å². The van der Waals surface area contributed by atoms with Crippen LogP contribution in [0.3, 0.4) is 0 Å². The highest BCUT2D eigenvalue weighted by Gasteiger charge is 2.33. The van der Waals surface area contributed by atoms with Gasteiger partial charge in [0.1, 0.15) is 6.04 Å². The summed E-state index contributed by atoms with van der Waals surface area (Å²) in [6.45, 7) is 6.07. The van der Waals surface area contributed by atoms with Gasteiger partial charge in [-0.25, -0.2) is 0 Å². The molecule has 29 heavy (non-hydrogen) atoms. The number of piperazine rings is 1. The topological polar surface area (TPSA) is 59.6 Å². The first-order valence-electron chi connectivity index (χ1n) is 10.1. The number of nitrogens with one attached hydrogen (secondary N) is 1. The number of rotatable bonds is 6. The van der Waals surface area contributed by atoms with Gasteiger partial charge in [-0.2, -0.15) is 0 Å². The van der Waals surface area contributed by atoms with Crippen molar-refractivity contribution in [3.05, 3.63) is 77.5 Å². The van der Waals surface area contributed by atoms with E-state index in [0.29, 0.717) is 0 Å². The van der Waals surface area contributed by atoms with E-state index in [1.807, 2.05) is 49.4 Å². The van der Waals surface area contributed by atoms with Gasteiger partial charge in [-0.3, -0.25) is 14.6 Å². The van der Waals surface area contributed by atoms with Gasteiger partial charge in [-0.15, -0.1) is 0 Å². The molecule has 0 bridgehead atoms. The summed E-state index contributed by atoms with van der Waals surface area (Å²) in [5, 5.41) is 11.0. The van der Waals surface area contributed by atoms with E-state index in [0.717, 1.165) is 54.9 Å². The summed E-state index contributed by atoms with van der Waals surface area (Å²) in [7, 11) is 0. The Morgan fingerprint density at radius 2 is 1.76 bits per heavy atom. The Kier molecular flexibility index (Phi) is 5.79. The van der Waals surface area contributed by atoms with Crippen LogP contribution in [-0.2, 0) is 4.79 Å². The maximum Gasteiger partial charge on any atom is 0.325 e. The molecule has 0 saturated carbocycles. The molecule has 150 valence electrons. The zero-order chi connectivity index (χ0) is 20.2. The average Bonchev–Trinajstić information content (AvgIpc) is 3.06. The summed E-state index contributed by atoms with van der Waals surface area (Å²) >= 11 is 0. The predicted molar refractivity (Wildman–Crippen MR) is 117 cm³/mol. The lowest BCUT2D eigenvalue weighted by atomic mass is 10.0. The number of nitrogens with zero attached hydrogens (tertiary/aromatic N) is 2. The quantitative estimate of drug-likeness (QED) is 0.671. The highest BCUT2D eigenvalue weighted by molar-refractivity contribution is 5.90. The van der Waals surface area contributed by atoms with Crippen molar-refractivity contribution in [2.24, 2.45) is 0 Å². The van der Waals surface area contributed by atoms with Crippen molar-refractivity contribution in [1.82, 2.24) is 14.8 Å². The number of aromatic nitrogens is 1. The number of carbonyl (C=O) groups is 1. The van der Waals surface area contributed by atoms with Gasteiger partial charge in [0.15, 0.2) is 0 Å². The second-order valence-electron chi connectivity index (χ2n) is 7.60. The molecule has 4 rings (SSSR count). The second kappa shape index (κ2) is 8.64. The van der Waals surface area contributed by atoms with Crippen LogP contribution in [0.5, 0.6) is 0 Å². The van der Waals surface area contributed by atoms with Gasteiger partial charge in [0.2, 0.25) is 0 Å². The summed E-state index contributed by atoms with van der Waals surface area (Å²) in [6.07, 6.45) is 4.32. The number of carboxylic acid groups (broad SMARTS) is 1. The molecule has 2 N–H and O–H groups in total. The molecule has 1 aliphatic heterocycles. The number of fused-ring (bicyclic) bond motifs is 1. The van der Waals surface area contributed by atoms with Crippen LogP contribution in [0.4, 0.5) is 0 Å². The van der Waals surface area contributed by atoms with Crippen molar-refractivity contribution in [3.63, 3.8) is 0 Å². The van der Waals surface area contributed by atoms with Gasteiger partial charge in [0.25, 0.3) is 0 Å². The number of carboxylic acids is 1. The minimum Gasteiger partial charge on any atom is -0.480 e. The van der Waals surface area contributed by atoms with Gasteiger partial charge < -0.3 is 10.1 Å². The first-order valence-corrected chi connectivity index (χ1v) is 10.1. The van der Waals surface area contributed by atoms with Crippen molar-refractivity contribution in [2.45, 2.75) is 13.0 Å². The molecular formula is C24H27N3O2. The van der Waals surface area contributed by atoms with Crippen molar-refractivity contribution in [1.29, 1.82) is 0 Å². The minimum absolute atomic E-state index is 0.617. The fourth-order valence-corrected chi connectivity index (χ4v) is 4.22. The van der Waals surface area contributed by atoms with Crippen molar-refractivity contribution in [2.75, 3.05) is 32.7 Å². The number of hydrogen-bond donors (Lipinski definition) is 2. The third-order valence-corrected chi connectivity index (χ3v) is 5.70. The molecule has 1 aliphatic rings. The zero-order valence-electron chi connectivity index (χ0n) is 16.7. The Morgan fingerprint density at radius 3 is 2.48 bits per heavy atom. The Morgan fingerprint density at radius 1 is 1.07 bits per heavy atom. The van der Waals surface area contributed by atoms with Gasteiger partial charge in [-0.1, -0.05) is 60.7 Å².